The Morgan fingerprint density at radius 2 is 1.66 bits per heavy atom. The molecule has 3 N–H and O–H groups in total. The Balaban J connectivity index is 1.47. The van der Waals surface area contributed by atoms with E-state index >= 15 is 4.39 Å². The number of urea groups is 1. The van der Waals surface area contributed by atoms with Gasteiger partial charge in [0.05, 0.1) is 28.3 Å². The first kappa shape index (κ1) is 30.4. The van der Waals surface area contributed by atoms with Gasteiger partial charge in [-0.05, 0) is 54.1 Å². The number of hydrogen-bond acceptors (Lipinski definition) is 5. The number of aromatic hydroxyl groups is 1. The maximum atomic E-state index is 15.4. The zero-order valence-corrected chi connectivity index (χ0v) is 22.9. The van der Waals surface area contributed by atoms with E-state index in [2.05, 4.69) is 20.4 Å². The molecule has 0 saturated carbocycles. The molecule has 1 aliphatic heterocycles. The lowest BCUT2D eigenvalue weighted by Crippen LogP contribution is -2.27. The van der Waals surface area contributed by atoms with Gasteiger partial charge in [-0.2, -0.15) is 13.2 Å². The number of hydrogen-bond donors (Lipinski definition) is 3. The third kappa shape index (κ3) is 6.19. The molecular formula is C30H23F7N4O3. The third-order valence-electron chi connectivity index (χ3n) is 6.87. The van der Waals surface area contributed by atoms with Crippen LogP contribution >= 0.6 is 0 Å². The normalized spacial score (nSPS) is 14.2. The van der Waals surface area contributed by atoms with Crippen LogP contribution in [0.25, 0.3) is 11.3 Å². The maximum absolute atomic E-state index is 15.4. The monoisotopic (exact) mass is 620 g/mol. The van der Waals surface area contributed by atoms with Gasteiger partial charge in [-0.1, -0.05) is 26.0 Å². The number of para-hydroxylation sites is 2. The van der Waals surface area contributed by atoms with Gasteiger partial charge in [-0.25, -0.2) is 9.18 Å². The number of alkyl halides is 6. The van der Waals surface area contributed by atoms with Crippen LogP contribution < -0.4 is 20.3 Å². The van der Waals surface area contributed by atoms with E-state index in [1.165, 1.54) is 12.1 Å². The van der Waals surface area contributed by atoms with Gasteiger partial charge in [0.15, 0.2) is 0 Å². The van der Waals surface area contributed by atoms with Gasteiger partial charge in [0.1, 0.15) is 17.3 Å². The Morgan fingerprint density at radius 3 is 2.27 bits per heavy atom. The lowest BCUT2D eigenvalue weighted by molar-refractivity contribution is -0.274. The number of fused-ring (bicyclic) bond motifs is 1. The zero-order chi connectivity index (χ0) is 32.0. The van der Waals surface area contributed by atoms with Gasteiger partial charge in [0.2, 0.25) is 0 Å². The third-order valence-corrected chi connectivity index (χ3v) is 6.87. The second kappa shape index (κ2) is 10.9. The summed E-state index contributed by atoms with van der Waals surface area (Å²) in [6.07, 6.45) is -8.89. The highest BCUT2D eigenvalue weighted by Gasteiger charge is 2.42. The fraction of sp³-hybridized carbons (Fsp3) is 0.200. The lowest BCUT2D eigenvalue weighted by atomic mass is 9.82. The molecule has 0 bridgehead atoms. The molecule has 0 atom stereocenters. The van der Waals surface area contributed by atoms with E-state index in [0.717, 1.165) is 30.3 Å². The molecule has 230 valence electrons. The van der Waals surface area contributed by atoms with E-state index in [0.29, 0.717) is 17.4 Å². The maximum Gasteiger partial charge on any atom is 0.573 e. The largest absolute Gasteiger partial charge is 0.573 e. The number of amides is 2. The number of phenolic OH excluding ortho intramolecular Hbond substituents is 1. The number of aromatic nitrogens is 1. The minimum atomic E-state index is -4.87. The van der Waals surface area contributed by atoms with Gasteiger partial charge in [0.25, 0.3) is 0 Å². The fourth-order valence-electron chi connectivity index (χ4n) is 5.12. The minimum absolute atomic E-state index is 0.0564. The number of phenols is 1. The molecule has 2 heterocycles. The fourth-order valence-corrected chi connectivity index (χ4v) is 5.12. The first-order valence-electron chi connectivity index (χ1n) is 12.9. The summed E-state index contributed by atoms with van der Waals surface area (Å²) < 4.78 is 95.9. The van der Waals surface area contributed by atoms with Crippen molar-refractivity contribution in [1.29, 1.82) is 0 Å². The summed E-state index contributed by atoms with van der Waals surface area (Å²) in [7, 11) is 0. The van der Waals surface area contributed by atoms with E-state index in [1.807, 2.05) is 0 Å². The number of nitrogens with one attached hydrogen (secondary N) is 2. The molecule has 2 amide bonds. The van der Waals surface area contributed by atoms with Crippen LogP contribution in [0.4, 0.5) is 58.3 Å². The predicted molar refractivity (Wildman–Crippen MR) is 149 cm³/mol. The predicted octanol–water partition coefficient (Wildman–Crippen LogP) is 8.58. The molecule has 1 aliphatic rings. The molecule has 4 aromatic rings. The number of carbonyl (C=O) groups excluding carboxylic acids is 1. The Hall–Kier alpha value is -5.01. The number of benzene rings is 3. The molecule has 44 heavy (non-hydrogen) atoms. The lowest BCUT2D eigenvalue weighted by Gasteiger charge is -2.25. The van der Waals surface area contributed by atoms with Gasteiger partial charge < -0.3 is 25.4 Å². The number of anilines is 4. The summed E-state index contributed by atoms with van der Waals surface area (Å²) in [5, 5.41) is 16.1. The number of ether oxygens (including phenoxy) is 1. The number of halogens is 7. The number of rotatable bonds is 5. The van der Waals surface area contributed by atoms with Crippen molar-refractivity contribution >= 4 is 28.8 Å². The van der Waals surface area contributed by atoms with Crippen molar-refractivity contribution in [3.63, 3.8) is 0 Å². The van der Waals surface area contributed by atoms with Crippen molar-refractivity contribution in [3.8, 4) is 22.8 Å². The highest BCUT2D eigenvalue weighted by atomic mass is 19.4. The van der Waals surface area contributed by atoms with Crippen LogP contribution in [0.5, 0.6) is 11.5 Å². The van der Waals surface area contributed by atoms with Gasteiger partial charge in [-0.3, -0.25) is 4.98 Å². The van der Waals surface area contributed by atoms with Crippen LogP contribution in [-0.2, 0) is 11.6 Å². The van der Waals surface area contributed by atoms with Crippen LogP contribution in [0, 0.1) is 5.82 Å². The number of pyridine rings is 1. The van der Waals surface area contributed by atoms with Crippen molar-refractivity contribution in [3.05, 3.63) is 89.9 Å². The van der Waals surface area contributed by atoms with E-state index in [-0.39, 0.29) is 34.9 Å². The molecule has 5 rings (SSSR count). The Kier molecular flexibility index (Phi) is 7.56. The quantitative estimate of drug-likeness (QED) is 0.195. The molecule has 0 fully saturated rings. The molecule has 1 aromatic heterocycles. The van der Waals surface area contributed by atoms with Crippen LogP contribution in [0.15, 0.2) is 72.9 Å². The van der Waals surface area contributed by atoms with E-state index in [4.69, 9.17) is 0 Å². The number of carbonyl (C=O) groups is 1. The average Bonchev–Trinajstić information content (AvgIpc) is 3.20. The molecule has 0 aliphatic carbocycles. The van der Waals surface area contributed by atoms with Crippen molar-refractivity contribution in [2.45, 2.75) is 31.8 Å². The molecule has 0 spiro atoms. The summed E-state index contributed by atoms with van der Waals surface area (Å²) in [5.74, 6) is -1.77. The van der Waals surface area contributed by atoms with Crippen LogP contribution in [0.3, 0.4) is 0 Å². The summed E-state index contributed by atoms with van der Waals surface area (Å²) in [5.41, 5.74) is -0.652. The van der Waals surface area contributed by atoms with Crippen LogP contribution in [0.2, 0.25) is 0 Å². The molecule has 0 radical (unpaired) electrons. The van der Waals surface area contributed by atoms with Crippen LogP contribution in [-0.4, -0.2) is 29.0 Å². The molecular weight excluding hydrogens is 597 g/mol. The summed E-state index contributed by atoms with van der Waals surface area (Å²) in [6, 6.07) is 13.0. The molecule has 14 heteroatoms. The van der Waals surface area contributed by atoms with Crippen molar-refractivity contribution in [2.24, 2.45) is 0 Å². The molecule has 0 saturated heterocycles. The van der Waals surface area contributed by atoms with Gasteiger partial charge >= 0.3 is 18.6 Å². The minimum Gasteiger partial charge on any atom is -0.506 e. The van der Waals surface area contributed by atoms with Crippen LogP contribution in [0.1, 0.15) is 25.0 Å². The molecule has 7 nitrogen and oxygen atoms in total. The standard InChI is InChI=1S/C30H23F7N4O3/c1-28(2)15-41(26-23(42)13-19(31)24(25(26)28)21-12-7-16(14-38-21)29(32,33)34)22-6-4-3-5-20(22)40-27(43)39-17-8-10-18(11-9-17)44-30(35,36)37/h3-14,42H,15H2,1-2H3,(H2,39,40,43). The number of nitrogens with zero attached hydrogens (tertiary/aromatic N) is 2. The summed E-state index contributed by atoms with van der Waals surface area (Å²) >= 11 is 0. The summed E-state index contributed by atoms with van der Waals surface area (Å²) in [4.78, 5) is 18.4. The van der Waals surface area contributed by atoms with Gasteiger partial charge in [0, 0.05) is 35.5 Å². The van der Waals surface area contributed by atoms with E-state index < -0.39 is 46.9 Å². The SMILES string of the molecule is CC1(C)CN(c2ccccc2NC(=O)Nc2ccc(OC(F)(F)F)cc2)c2c(O)cc(F)c(-c3ccc(C(F)(F)F)cn3)c21. The van der Waals surface area contributed by atoms with Crippen molar-refractivity contribution < 1.29 is 45.4 Å². The van der Waals surface area contributed by atoms with Gasteiger partial charge in [-0.15, -0.1) is 13.2 Å². The average molecular weight is 621 g/mol. The molecule has 3 aromatic carbocycles. The first-order valence-corrected chi connectivity index (χ1v) is 12.9. The summed E-state index contributed by atoms with van der Waals surface area (Å²) in [6.45, 7) is 3.72. The highest BCUT2D eigenvalue weighted by molar-refractivity contribution is 6.03. The Bertz CT molecular complexity index is 1700. The second-order valence-electron chi connectivity index (χ2n) is 10.5. The smallest absolute Gasteiger partial charge is 0.506 e. The second-order valence-corrected chi connectivity index (χ2v) is 10.5. The Labute approximate surface area is 245 Å². The van der Waals surface area contributed by atoms with E-state index in [1.54, 1.807) is 43.0 Å². The zero-order valence-electron chi connectivity index (χ0n) is 22.9. The highest BCUT2D eigenvalue weighted by Crippen LogP contribution is 2.54. The first-order chi connectivity index (χ1) is 20.5. The van der Waals surface area contributed by atoms with Crippen molar-refractivity contribution in [1.82, 2.24) is 4.98 Å². The topological polar surface area (TPSA) is 86.7 Å². The Morgan fingerprint density at radius 1 is 0.977 bits per heavy atom. The van der Waals surface area contributed by atoms with Crippen molar-refractivity contribution in [2.75, 3.05) is 22.1 Å². The van der Waals surface area contributed by atoms with E-state index in [9.17, 15) is 36.2 Å². The molecule has 0 unspecified atom stereocenters.